The van der Waals surface area contributed by atoms with E-state index in [2.05, 4.69) is 55.4 Å². The Balaban J connectivity index is 1.19. The minimum absolute atomic E-state index is 0.0273. The number of aliphatic imine (C=N–C) groups is 1. The number of para-hydroxylation sites is 2. The maximum Gasteiger partial charge on any atom is 0.345 e. The highest BCUT2D eigenvalue weighted by molar-refractivity contribution is 5.79. The third-order valence-corrected chi connectivity index (χ3v) is 5.79. The van der Waals surface area contributed by atoms with Crippen LogP contribution in [0.1, 0.15) is 37.3 Å². The van der Waals surface area contributed by atoms with E-state index >= 15 is 0 Å². The Morgan fingerprint density at radius 2 is 1.90 bits per heavy atom. The minimum Gasteiger partial charge on any atom is -0.356 e. The van der Waals surface area contributed by atoms with Gasteiger partial charge in [0.15, 0.2) is 5.96 Å². The summed E-state index contributed by atoms with van der Waals surface area (Å²) in [5.41, 5.74) is 2.25. The van der Waals surface area contributed by atoms with Gasteiger partial charge in [-0.2, -0.15) is 5.10 Å². The summed E-state index contributed by atoms with van der Waals surface area (Å²) in [6.07, 6.45) is 4.88. The van der Waals surface area contributed by atoms with E-state index in [1.165, 1.54) is 5.52 Å². The van der Waals surface area contributed by atoms with Gasteiger partial charge in [0.2, 0.25) is 0 Å². The predicted octanol–water partition coefficient (Wildman–Crippen LogP) is 1.68. The van der Waals surface area contributed by atoms with Crippen LogP contribution >= 0.6 is 0 Å². The largest absolute Gasteiger partial charge is 0.356 e. The number of rotatable bonds is 8. The maximum atomic E-state index is 12.4. The van der Waals surface area contributed by atoms with Crippen molar-refractivity contribution in [2.75, 3.05) is 20.1 Å². The van der Waals surface area contributed by atoms with Crippen molar-refractivity contribution < 1.29 is 0 Å². The fourth-order valence-electron chi connectivity index (χ4n) is 4.17. The van der Waals surface area contributed by atoms with Crippen molar-refractivity contribution in [1.29, 1.82) is 0 Å². The molecular weight excluding hydrogens is 392 g/mol. The molecule has 0 saturated heterocycles. The van der Waals surface area contributed by atoms with Crippen LogP contribution in [0.3, 0.4) is 0 Å². The molecule has 0 fully saturated rings. The zero-order valence-electron chi connectivity index (χ0n) is 18.5. The number of nitrogens with zero attached hydrogens (tertiary/aromatic N) is 6. The van der Waals surface area contributed by atoms with Crippen molar-refractivity contribution in [3.05, 3.63) is 46.4 Å². The van der Waals surface area contributed by atoms with E-state index < -0.39 is 0 Å². The van der Waals surface area contributed by atoms with Gasteiger partial charge in [-0.1, -0.05) is 12.1 Å². The lowest BCUT2D eigenvalue weighted by Gasteiger charge is -2.12. The van der Waals surface area contributed by atoms with Gasteiger partial charge in [-0.15, -0.1) is 0 Å². The molecule has 1 aromatic carbocycles. The number of hydrogen-bond donors (Lipinski definition) is 2. The van der Waals surface area contributed by atoms with E-state index in [4.69, 9.17) is 0 Å². The lowest BCUT2D eigenvalue weighted by atomic mass is 10.2. The summed E-state index contributed by atoms with van der Waals surface area (Å²) >= 11 is 0. The van der Waals surface area contributed by atoms with E-state index in [0.717, 1.165) is 81.4 Å². The first-order valence-corrected chi connectivity index (χ1v) is 11.2. The van der Waals surface area contributed by atoms with Crippen LogP contribution in [0.5, 0.6) is 0 Å². The van der Waals surface area contributed by atoms with Crippen molar-refractivity contribution in [2.24, 2.45) is 4.99 Å². The Kier molecular flexibility index (Phi) is 6.69. The average molecular weight is 425 g/mol. The van der Waals surface area contributed by atoms with E-state index in [9.17, 15) is 4.79 Å². The predicted molar refractivity (Wildman–Crippen MR) is 122 cm³/mol. The van der Waals surface area contributed by atoms with Crippen LogP contribution in [0, 0.1) is 6.92 Å². The molecule has 0 spiro atoms. The first-order chi connectivity index (χ1) is 15.2. The number of benzene rings is 1. The molecule has 4 rings (SSSR count). The van der Waals surface area contributed by atoms with Crippen molar-refractivity contribution >= 4 is 17.0 Å². The number of nitrogens with one attached hydrogen (secondary N) is 2. The SMILES string of the molecule is CN=C(NCCCn1nc2n(c1=O)CCCC2)NCCCn1c(C)nc2ccccc21. The minimum atomic E-state index is 0.0273. The Bertz CT molecular complexity index is 1110. The highest BCUT2D eigenvalue weighted by Gasteiger charge is 2.16. The molecule has 2 aromatic heterocycles. The highest BCUT2D eigenvalue weighted by atomic mass is 16.2. The van der Waals surface area contributed by atoms with Crippen LogP contribution in [-0.2, 0) is 26.1 Å². The summed E-state index contributed by atoms with van der Waals surface area (Å²) in [6, 6.07) is 8.24. The van der Waals surface area contributed by atoms with Crippen LogP contribution < -0.4 is 16.3 Å². The smallest absolute Gasteiger partial charge is 0.345 e. The molecule has 0 amide bonds. The number of aromatic nitrogens is 5. The van der Waals surface area contributed by atoms with Gasteiger partial charge in [-0.3, -0.25) is 9.56 Å². The topological polar surface area (TPSA) is 94.1 Å². The molecule has 3 heterocycles. The molecule has 9 nitrogen and oxygen atoms in total. The standard InChI is InChI=1S/C22H32N8O/c1-17-26-18-9-3-4-10-19(18)28(17)15-7-12-24-21(23-2)25-13-8-16-30-22(31)29-14-6-5-11-20(29)27-30/h3-4,9-10H,5-8,11-16H2,1-2H3,(H2,23,24,25). The third kappa shape index (κ3) is 4.81. The first kappa shape index (κ1) is 21.1. The van der Waals surface area contributed by atoms with Gasteiger partial charge < -0.3 is 15.2 Å². The molecular formula is C22H32N8O. The van der Waals surface area contributed by atoms with Gasteiger partial charge in [0.25, 0.3) is 0 Å². The van der Waals surface area contributed by atoms with Crippen molar-refractivity contribution in [1.82, 2.24) is 34.5 Å². The Labute approximate surface area is 182 Å². The summed E-state index contributed by atoms with van der Waals surface area (Å²) < 4.78 is 5.69. The molecule has 31 heavy (non-hydrogen) atoms. The van der Waals surface area contributed by atoms with Crippen LogP contribution in [0.2, 0.25) is 0 Å². The number of aryl methyl sites for hydroxylation is 4. The van der Waals surface area contributed by atoms with E-state index in [1.54, 1.807) is 11.7 Å². The Morgan fingerprint density at radius 3 is 2.68 bits per heavy atom. The number of fused-ring (bicyclic) bond motifs is 2. The van der Waals surface area contributed by atoms with Gasteiger partial charge in [0, 0.05) is 46.2 Å². The second-order valence-electron chi connectivity index (χ2n) is 7.96. The molecule has 1 aliphatic rings. The molecule has 0 radical (unpaired) electrons. The lowest BCUT2D eigenvalue weighted by Crippen LogP contribution is -2.39. The highest BCUT2D eigenvalue weighted by Crippen LogP contribution is 2.15. The monoisotopic (exact) mass is 424 g/mol. The molecule has 1 aliphatic heterocycles. The molecule has 0 atom stereocenters. The normalized spacial score (nSPS) is 14.1. The fourth-order valence-corrected chi connectivity index (χ4v) is 4.17. The molecule has 0 saturated carbocycles. The molecule has 0 aliphatic carbocycles. The van der Waals surface area contributed by atoms with Crippen LogP contribution in [-0.4, -0.2) is 50.0 Å². The molecule has 0 unspecified atom stereocenters. The summed E-state index contributed by atoms with van der Waals surface area (Å²) in [5, 5.41) is 11.2. The van der Waals surface area contributed by atoms with Gasteiger partial charge in [-0.25, -0.2) is 14.5 Å². The Hall–Kier alpha value is -3.10. The lowest BCUT2D eigenvalue weighted by molar-refractivity contribution is 0.509. The second kappa shape index (κ2) is 9.80. The van der Waals surface area contributed by atoms with Gasteiger partial charge >= 0.3 is 5.69 Å². The average Bonchev–Trinajstić information content (AvgIpc) is 3.28. The summed E-state index contributed by atoms with van der Waals surface area (Å²) in [5.74, 6) is 2.76. The first-order valence-electron chi connectivity index (χ1n) is 11.2. The number of guanidine groups is 1. The zero-order chi connectivity index (χ0) is 21.6. The fraction of sp³-hybridized carbons (Fsp3) is 0.545. The summed E-state index contributed by atoms with van der Waals surface area (Å²) in [4.78, 5) is 21.3. The maximum absolute atomic E-state index is 12.4. The van der Waals surface area contributed by atoms with Crippen molar-refractivity contribution in [2.45, 2.75) is 58.7 Å². The van der Waals surface area contributed by atoms with Gasteiger partial charge in [0.05, 0.1) is 11.0 Å². The number of imidazole rings is 1. The number of hydrogen-bond acceptors (Lipinski definition) is 4. The Morgan fingerprint density at radius 1 is 1.13 bits per heavy atom. The van der Waals surface area contributed by atoms with Crippen LogP contribution in [0.25, 0.3) is 11.0 Å². The summed E-state index contributed by atoms with van der Waals surface area (Å²) in [6.45, 7) is 5.94. The third-order valence-electron chi connectivity index (χ3n) is 5.79. The summed E-state index contributed by atoms with van der Waals surface area (Å²) in [7, 11) is 1.77. The van der Waals surface area contributed by atoms with Gasteiger partial charge in [-0.05, 0) is 44.7 Å². The van der Waals surface area contributed by atoms with Crippen LogP contribution in [0.4, 0.5) is 0 Å². The van der Waals surface area contributed by atoms with Crippen molar-refractivity contribution in [3.63, 3.8) is 0 Å². The van der Waals surface area contributed by atoms with E-state index in [0.29, 0.717) is 6.54 Å². The molecule has 9 heteroatoms. The molecule has 2 N–H and O–H groups in total. The van der Waals surface area contributed by atoms with Crippen LogP contribution in [0.15, 0.2) is 34.1 Å². The van der Waals surface area contributed by atoms with Gasteiger partial charge in [0.1, 0.15) is 11.6 Å². The van der Waals surface area contributed by atoms with E-state index in [-0.39, 0.29) is 5.69 Å². The van der Waals surface area contributed by atoms with Crippen molar-refractivity contribution in [3.8, 4) is 0 Å². The van der Waals surface area contributed by atoms with E-state index in [1.807, 2.05) is 10.6 Å². The molecule has 0 bridgehead atoms. The second-order valence-corrected chi connectivity index (χ2v) is 7.96. The zero-order valence-corrected chi connectivity index (χ0v) is 18.5. The molecule has 166 valence electrons. The quantitative estimate of drug-likeness (QED) is 0.326. The molecule has 3 aromatic rings.